The van der Waals surface area contributed by atoms with Crippen LogP contribution in [0.1, 0.15) is 30.5 Å². The number of benzene rings is 1. The molecule has 2 aromatic rings. The molecule has 0 bridgehead atoms. The quantitative estimate of drug-likeness (QED) is 0.265. The smallest absolute Gasteiger partial charge is 0.243 e. The van der Waals surface area contributed by atoms with Crippen LogP contribution in [0.3, 0.4) is 0 Å². The Bertz CT molecular complexity index is 932. The van der Waals surface area contributed by atoms with Gasteiger partial charge < -0.3 is 15.3 Å². The highest BCUT2D eigenvalue weighted by molar-refractivity contribution is 8.67. The summed E-state index contributed by atoms with van der Waals surface area (Å²) in [6, 6.07) is 6.99. The Labute approximate surface area is 195 Å². The van der Waals surface area contributed by atoms with Crippen molar-refractivity contribution in [3.63, 3.8) is 0 Å². The molecule has 1 aliphatic carbocycles. The van der Waals surface area contributed by atoms with E-state index in [0.717, 1.165) is 45.5 Å². The van der Waals surface area contributed by atoms with Crippen molar-refractivity contribution in [1.82, 2.24) is 19.9 Å². The summed E-state index contributed by atoms with van der Waals surface area (Å²) in [5.74, 6) is -0.0975. The van der Waals surface area contributed by atoms with Gasteiger partial charge in [-0.2, -0.15) is 0 Å². The number of carbonyl (C=O) groups excluding carboxylic acids is 2. The topological polar surface area (TPSA) is 94.6 Å². The van der Waals surface area contributed by atoms with E-state index in [0.29, 0.717) is 6.54 Å². The van der Waals surface area contributed by atoms with E-state index in [9.17, 15) is 14.7 Å². The molecule has 0 radical (unpaired) electrons. The van der Waals surface area contributed by atoms with Gasteiger partial charge in [0.2, 0.25) is 11.8 Å². The molecule has 0 spiro atoms. The maximum Gasteiger partial charge on any atom is 0.243 e. The number of β-amino-alcohol motifs (C(OH)–C–C–N with tert-alkyl or cyclic N) is 1. The Morgan fingerprint density at radius 3 is 2.71 bits per heavy atom. The number of nitrogens with zero attached hydrogens (tertiary/aromatic N) is 2. The van der Waals surface area contributed by atoms with Crippen molar-refractivity contribution in [3.8, 4) is 10.4 Å². The van der Waals surface area contributed by atoms with E-state index in [2.05, 4.69) is 26.7 Å². The molecule has 10 heteroatoms. The molecule has 2 amide bonds. The summed E-state index contributed by atoms with van der Waals surface area (Å²) in [4.78, 5) is 32.9. The SMILES string of the molecule is Cc1ncsc1-c1ccc(CNC(=O)[C@@H]2C[C@@H](O)CN2C(=O)[C@@H](NSS)C2CC2)cc1. The fourth-order valence-electron chi connectivity index (χ4n) is 3.98. The minimum Gasteiger partial charge on any atom is -0.391 e. The average molecular weight is 479 g/mol. The zero-order valence-electron chi connectivity index (χ0n) is 17.2. The van der Waals surface area contributed by atoms with Gasteiger partial charge in [0.1, 0.15) is 6.04 Å². The largest absolute Gasteiger partial charge is 0.391 e. The van der Waals surface area contributed by atoms with Gasteiger partial charge in [0.15, 0.2) is 0 Å². The third-order valence-corrected chi connectivity index (χ3v) is 7.49. The molecular formula is C21H26N4O3S3. The minimum absolute atomic E-state index is 0.134. The summed E-state index contributed by atoms with van der Waals surface area (Å²) >= 11 is 5.72. The molecule has 4 rings (SSSR count). The van der Waals surface area contributed by atoms with Gasteiger partial charge in [0.25, 0.3) is 0 Å². The molecule has 3 N–H and O–H groups in total. The maximum atomic E-state index is 13.0. The first kappa shape index (κ1) is 22.6. The van der Waals surface area contributed by atoms with Crippen LogP contribution in [-0.4, -0.2) is 51.5 Å². The van der Waals surface area contributed by atoms with Crippen LogP contribution in [0.15, 0.2) is 29.8 Å². The number of hydrogen-bond acceptors (Lipinski definition) is 8. The van der Waals surface area contributed by atoms with Crippen molar-refractivity contribution < 1.29 is 14.7 Å². The van der Waals surface area contributed by atoms with Crippen LogP contribution in [0.5, 0.6) is 0 Å². The van der Waals surface area contributed by atoms with Crippen molar-refractivity contribution >= 4 is 45.8 Å². The standard InChI is InChI=1S/C21H26N4O3S3/c1-12-19(30-11-23-12)15-4-2-13(3-5-15)9-22-20(27)17-8-16(26)10-25(17)21(28)18(24-31-29)14-6-7-14/h2-5,11,14,16-18,24,26,29H,6-10H2,1H3,(H,22,27)/t16-,17+,18+/m1/s1. The first-order valence-electron chi connectivity index (χ1n) is 10.3. The highest BCUT2D eigenvalue weighted by Gasteiger charge is 2.45. The van der Waals surface area contributed by atoms with Crippen molar-refractivity contribution in [1.29, 1.82) is 0 Å². The van der Waals surface area contributed by atoms with Crippen molar-refractivity contribution in [2.24, 2.45) is 5.92 Å². The highest BCUT2D eigenvalue weighted by Crippen LogP contribution is 2.35. The summed E-state index contributed by atoms with van der Waals surface area (Å²) in [6.45, 7) is 2.54. The second-order valence-electron chi connectivity index (χ2n) is 8.10. The van der Waals surface area contributed by atoms with E-state index < -0.39 is 12.1 Å². The van der Waals surface area contributed by atoms with Gasteiger partial charge in [0, 0.05) is 19.5 Å². The molecular weight excluding hydrogens is 452 g/mol. The predicted octanol–water partition coefficient (Wildman–Crippen LogP) is 2.56. The number of aliphatic hydroxyl groups excluding tert-OH is 1. The lowest BCUT2D eigenvalue weighted by molar-refractivity contribution is -0.140. The number of hydrogen-bond donors (Lipinski definition) is 4. The van der Waals surface area contributed by atoms with Gasteiger partial charge in [-0.25, -0.2) is 9.71 Å². The highest BCUT2D eigenvalue weighted by atomic mass is 33.1. The molecule has 2 heterocycles. The number of aliphatic hydroxyl groups is 1. The average Bonchev–Trinajstić information content (AvgIpc) is 3.40. The molecule has 2 aliphatic rings. The molecule has 1 aromatic carbocycles. The Morgan fingerprint density at radius 1 is 1.35 bits per heavy atom. The molecule has 0 unspecified atom stereocenters. The van der Waals surface area contributed by atoms with Crippen LogP contribution < -0.4 is 10.0 Å². The Balaban J connectivity index is 1.37. The fourth-order valence-corrected chi connectivity index (χ4v) is 5.54. The van der Waals surface area contributed by atoms with Gasteiger partial charge in [-0.1, -0.05) is 35.9 Å². The summed E-state index contributed by atoms with van der Waals surface area (Å²) in [6.07, 6.45) is 1.54. The molecule has 1 aromatic heterocycles. The number of aromatic nitrogens is 1. The van der Waals surface area contributed by atoms with E-state index in [1.54, 1.807) is 11.3 Å². The fraction of sp³-hybridized carbons (Fsp3) is 0.476. The van der Waals surface area contributed by atoms with Gasteiger partial charge >= 0.3 is 0 Å². The lowest BCUT2D eigenvalue weighted by Crippen LogP contribution is -2.52. The van der Waals surface area contributed by atoms with Crippen molar-refractivity contribution in [2.75, 3.05) is 6.54 Å². The van der Waals surface area contributed by atoms with Crippen molar-refractivity contribution in [2.45, 2.75) is 50.9 Å². The summed E-state index contributed by atoms with van der Waals surface area (Å²) in [5.41, 5.74) is 4.91. The Hall–Kier alpha value is -1.59. The van der Waals surface area contributed by atoms with E-state index in [-0.39, 0.29) is 36.7 Å². The van der Waals surface area contributed by atoms with E-state index in [1.807, 2.05) is 36.7 Å². The number of carbonyl (C=O) groups is 2. The van der Waals surface area contributed by atoms with Crippen LogP contribution in [0.4, 0.5) is 0 Å². The van der Waals surface area contributed by atoms with Crippen molar-refractivity contribution in [3.05, 3.63) is 41.0 Å². The lowest BCUT2D eigenvalue weighted by atomic mass is 10.1. The second kappa shape index (κ2) is 9.91. The van der Waals surface area contributed by atoms with Gasteiger partial charge in [-0.3, -0.25) is 9.59 Å². The monoisotopic (exact) mass is 478 g/mol. The number of aryl methyl sites for hydroxylation is 1. The van der Waals surface area contributed by atoms with Gasteiger partial charge in [-0.05, 0) is 47.8 Å². The summed E-state index contributed by atoms with van der Waals surface area (Å²) in [7, 11) is 1.11. The van der Waals surface area contributed by atoms with Crippen LogP contribution in [0.25, 0.3) is 10.4 Å². The minimum atomic E-state index is -0.690. The zero-order valence-corrected chi connectivity index (χ0v) is 19.7. The number of amides is 2. The number of likely N-dealkylation sites (tertiary alicyclic amines) is 1. The molecule has 1 saturated heterocycles. The van der Waals surface area contributed by atoms with Crippen LogP contribution >= 0.6 is 34.0 Å². The maximum absolute atomic E-state index is 13.0. The molecule has 2 fully saturated rings. The molecule has 31 heavy (non-hydrogen) atoms. The third kappa shape index (κ3) is 5.25. The number of thiol groups is 1. The van der Waals surface area contributed by atoms with Gasteiger partial charge in [-0.15, -0.1) is 11.3 Å². The van der Waals surface area contributed by atoms with Gasteiger partial charge in [0.05, 0.1) is 28.2 Å². The van der Waals surface area contributed by atoms with Crippen LogP contribution in [0.2, 0.25) is 0 Å². The zero-order chi connectivity index (χ0) is 22.0. The predicted molar refractivity (Wildman–Crippen MR) is 126 cm³/mol. The molecule has 166 valence electrons. The second-order valence-corrected chi connectivity index (χ2v) is 9.92. The number of nitrogens with one attached hydrogen (secondary N) is 2. The van der Waals surface area contributed by atoms with E-state index in [4.69, 9.17) is 0 Å². The normalized spacial score (nSPS) is 21.8. The first-order valence-corrected chi connectivity index (χ1v) is 13.0. The molecule has 1 aliphatic heterocycles. The summed E-state index contributed by atoms with van der Waals surface area (Å²) in [5, 5.41) is 13.1. The van der Waals surface area contributed by atoms with E-state index >= 15 is 0 Å². The molecule has 7 nitrogen and oxygen atoms in total. The Morgan fingerprint density at radius 2 is 2.10 bits per heavy atom. The number of thiazole rings is 1. The summed E-state index contributed by atoms with van der Waals surface area (Å²) < 4.78 is 3.05. The van der Waals surface area contributed by atoms with E-state index in [1.165, 1.54) is 4.90 Å². The third-order valence-electron chi connectivity index (χ3n) is 5.83. The lowest BCUT2D eigenvalue weighted by Gasteiger charge is -2.28. The molecule has 3 atom stereocenters. The first-order chi connectivity index (χ1) is 15.0. The molecule has 1 saturated carbocycles. The van der Waals surface area contributed by atoms with Crippen LogP contribution in [0, 0.1) is 12.8 Å². The number of rotatable bonds is 8. The van der Waals surface area contributed by atoms with Crippen LogP contribution in [-0.2, 0) is 16.1 Å². The Kier molecular flexibility index (Phi) is 7.22.